The lowest BCUT2D eigenvalue weighted by Gasteiger charge is -2.32. The van der Waals surface area contributed by atoms with Gasteiger partial charge in [-0.15, -0.1) is 0 Å². The van der Waals surface area contributed by atoms with Crippen molar-refractivity contribution in [1.29, 1.82) is 0 Å². The SMILES string of the molecule is O=C(NC1CCN(c2ncccn2)CC1)c1ncoc1-c1ccccc1. The highest BCUT2D eigenvalue weighted by atomic mass is 16.3. The third kappa shape index (κ3) is 3.42. The zero-order valence-electron chi connectivity index (χ0n) is 14.2. The van der Waals surface area contributed by atoms with Crippen molar-refractivity contribution in [3.8, 4) is 11.3 Å². The Kier molecular flexibility index (Phi) is 4.59. The normalized spacial score (nSPS) is 15.0. The second-order valence-corrected chi connectivity index (χ2v) is 6.18. The Bertz CT molecular complexity index is 858. The van der Waals surface area contributed by atoms with Crippen LogP contribution >= 0.6 is 0 Å². The summed E-state index contributed by atoms with van der Waals surface area (Å²) in [5.74, 6) is 1.03. The maximum absolute atomic E-state index is 12.6. The smallest absolute Gasteiger partial charge is 0.274 e. The first-order valence-corrected chi connectivity index (χ1v) is 8.63. The zero-order chi connectivity index (χ0) is 17.8. The highest BCUT2D eigenvalue weighted by molar-refractivity contribution is 5.97. The number of carbonyl (C=O) groups excluding carboxylic acids is 1. The highest BCUT2D eigenvalue weighted by Crippen LogP contribution is 2.23. The molecule has 26 heavy (non-hydrogen) atoms. The molecule has 0 unspecified atom stereocenters. The number of nitrogens with zero attached hydrogens (tertiary/aromatic N) is 4. The Labute approximate surface area is 151 Å². The quantitative estimate of drug-likeness (QED) is 0.779. The minimum Gasteiger partial charge on any atom is -0.443 e. The van der Waals surface area contributed by atoms with E-state index in [-0.39, 0.29) is 11.9 Å². The van der Waals surface area contributed by atoms with Crippen molar-refractivity contribution in [1.82, 2.24) is 20.3 Å². The molecule has 0 aliphatic carbocycles. The predicted octanol–water partition coefficient (Wildman–Crippen LogP) is 2.53. The van der Waals surface area contributed by atoms with Crippen molar-refractivity contribution in [3.63, 3.8) is 0 Å². The van der Waals surface area contributed by atoms with Gasteiger partial charge in [-0.2, -0.15) is 0 Å². The second kappa shape index (κ2) is 7.35. The number of carbonyl (C=O) groups is 1. The van der Waals surface area contributed by atoms with E-state index < -0.39 is 0 Å². The van der Waals surface area contributed by atoms with Gasteiger partial charge in [-0.3, -0.25) is 4.79 Å². The van der Waals surface area contributed by atoms with Gasteiger partial charge >= 0.3 is 0 Å². The number of piperidine rings is 1. The first kappa shape index (κ1) is 16.3. The Morgan fingerprint density at radius 3 is 2.50 bits per heavy atom. The van der Waals surface area contributed by atoms with Gasteiger partial charge in [-0.1, -0.05) is 30.3 Å². The molecule has 1 saturated heterocycles. The maximum atomic E-state index is 12.6. The number of aromatic nitrogens is 3. The summed E-state index contributed by atoms with van der Waals surface area (Å²) < 4.78 is 5.44. The zero-order valence-corrected chi connectivity index (χ0v) is 14.2. The van der Waals surface area contributed by atoms with Crippen LogP contribution in [0.4, 0.5) is 5.95 Å². The van der Waals surface area contributed by atoms with Gasteiger partial charge in [0, 0.05) is 37.1 Å². The fourth-order valence-corrected chi connectivity index (χ4v) is 3.13. The van der Waals surface area contributed by atoms with Gasteiger partial charge in [0.2, 0.25) is 5.95 Å². The molecule has 1 N–H and O–H groups in total. The minimum absolute atomic E-state index is 0.0998. The molecule has 0 radical (unpaired) electrons. The summed E-state index contributed by atoms with van der Waals surface area (Å²) in [6.07, 6.45) is 6.47. The third-order valence-electron chi connectivity index (χ3n) is 4.48. The highest BCUT2D eigenvalue weighted by Gasteiger charge is 2.25. The molecular formula is C19H19N5O2. The Hall–Kier alpha value is -3.22. The lowest BCUT2D eigenvalue weighted by molar-refractivity contribution is 0.0927. The van der Waals surface area contributed by atoms with Crippen LogP contribution in [0.2, 0.25) is 0 Å². The number of hydrogen-bond donors (Lipinski definition) is 1. The molecule has 1 aromatic carbocycles. The average molecular weight is 349 g/mol. The summed E-state index contributed by atoms with van der Waals surface area (Å²) in [6, 6.07) is 11.4. The third-order valence-corrected chi connectivity index (χ3v) is 4.48. The van der Waals surface area contributed by atoms with Crippen LogP contribution in [0.1, 0.15) is 23.3 Å². The predicted molar refractivity (Wildman–Crippen MR) is 96.7 cm³/mol. The van der Waals surface area contributed by atoms with Gasteiger partial charge < -0.3 is 14.6 Å². The standard InChI is InChI=1S/C19H19N5O2/c25-18(16-17(26-13-22-16)14-5-2-1-3-6-14)23-15-7-11-24(12-8-15)19-20-9-4-10-21-19/h1-6,9-10,13,15H,7-8,11-12H2,(H,23,25). The molecule has 7 heteroatoms. The fourth-order valence-electron chi connectivity index (χ4n) is 3.13. The molecule has 0 spiro atoms. The first-order valence-electron chi connectivity index (χ1n) is 8.63. The number of anilines is 1. The molecule has 3 heterocycles. The number of rotatable bonds is 4. The minimum atomic E-state index is -0.202. The van der Waals surface area contributed by atoms with E-state index in [2.05, 4.69) is 25.2 Å². The van der Waals surface area contributed by atoms with Gasteiger partial charge in [-0.05, 0) is 18.9 Å². The van der Waals surface area contributed by atoms with Crippen LogP contribution in [0.5, 0.6) is 0 Å². The second-order valence-electron chi connectivity index (χ2n) is 6.18. The molecule has 0 saturated carbocycles. The van der Waals surface area contributed by atoms with E-state index in [1.165, 1.54) is 6.39 Å². The van der Waals surface area contributed by atoms with E-state index >= 15 is 0 Å². The topological polar surface area (TPSA) is 84.2 Å². The molecule has 0 bridgehead atoms. The molecule has 132 valence electrons. The number of hydrogen-bond acceptors (Lipinski definition) is 6. The van der Waals surface area contributed by atoms with Crippen LogP contribution in [-0.4, -0.2) is 40.0 Å². The fraction of sp³-hybridized carbons (Fsp3) is 0.263. The molecule has 1 fully saturated rings. The van der Waals surface area contributed by atoms with Gasteiger partial charge in [0.25, 0.3) is 5.91 Å². The van der Waals surface area contributed by atoms with E-state index in [0.29, 0.717) is 11.5 Å². The van der Waals surface area contributed by atoms with Crippen LogP contribution in [0.3, 0.4) is 0 Å². The summed E-state index contributed by atoms with van der Waals surface area (Å²) in [5, 5.41) is 3.07. The first-order chi connectivity index (χ1) is 12.8. The van der Waals surface area contributed by atoms with E-state index in [9.17, 15) is 4.79 Å². The average Bonchev–Trinajstić information content (AvgIpc) is 3.20. The van der Waals surface area contributed by atoms with E-state index in [4.69, 9.17) is 4.42 Å². The lowest BCUT2D eigenvalue weighted by atomic mass is 10.0. The van der Waals surface area contributed by atoms with Crippen molar-refractivity contribution < 1.29 is 9.21 Å². The lowest BCUT2D eigenvalue weighted by Crippen LogP contribution is -2.45. The molecule has 7 nitrogen and oxygen atoms in total. The molecule has 4 rings (SSSR count). The van der Waals surface area contributed by atoms with Gasteiger partial charge in [-0.25, -0.2) is 15.0 Å². The van der Waals surface area contributed by atoms with Crippen LogP contribution in [0.15, 0.2) is 59.6 Å². The molecular weight excluding hydrogens is 330 g/mol. The van der Waals surface area contributed by atoms with Crippen molar-refractivity contribution in [3.05, 3.63) is 60.9 Å². The van der Waals surface area contributed by atoms with E-state index in [0.717, 1.165) is 37.4 Å². The summed E-state index contributed by atoms with van der Waals surface area (Å²) in [7, 11) is 0. The van der Waals surface area contributed by atoms with Crippen LogP contribution in [-0.2, 0) is 0 Å². The van der Waals surface area contributed by atoms with E-state index in [1.807, 2.05) is 30.3 Å². The largest absolute Gasteiger partial charge is 0.443 e. The summed E-state index contributed by atoms with van der Waals surface area (Å²) in [4.78, 5) is 27.5. The van der Waals surface area contributed by atoms with Crippen molar-refractivity contribution >= 4 is 11.9 Å². The molecule has 1 aliphatic rings. The van der Waals surface area contributed by atoms with Crippen LogP contribution in [0.25, 0.3) is 11.3 Å². The molecule has 0 atom stereocenters. The van der Waals surface area contributed by atoms with Gasteiger partial charge in [0.05, 0.1) is 0 Å². The Balaban J connectivity index is 1.39. The summed E-state index contributed by atoms with van der Waals surface area (Å²) >= 11 is 0. The number of nitrogens with one attached hydrogen (secondary N) is 1. The number of amides is 1. The van der Waals surface area contributed by atoms with Crippen molar-refractivity contribution in [2.45, 2.75) is 18.9 Å². The van der Waals surface area contributed by atoms with E-state index in [1.54, 1.807) is 18.5 Å². The molecule has 2 aromatic heterocycles. The van der Waals surface area contributed by atoms with Crippen molar-refractivity contribution in [2.24, 2.45) is 0 Å². The van der Waals surface area contributed by atoms with Gasteiger partial charge in [0.1, 0.15) is 0 Å². The Morgan fingerprint density at radius 1 is 1.04 bits per heavy atom. The Morgan fingerprint density at radius 2 is 1.77 bits per heavy atom. The molecule has 1 aliphatic heterocycles. The number of oxazole rings is 1. The number of benzene rings is 1. The van der Waals surface area contributed by atoms with Gasteiger partial charge in [0.15, 0.2) is 17.8 Å². The monoisotopic (exact) mass is 349 g/mol. The molecule has 3 aromatic rings. The summed E-state index contributed by atoms with van der Waals surface area (Å²) in [5.41, 5.74) is 1.16. The van der Waals surface area contributed by atoms with Crippen LogP contribution in [0, 0.1) is 0 Å². The van der Waals surface area contributed by atoms with Crippen LogP contribution < -0.4 is 10.2 Å². The molecule has 1 amide bonds. The van der Waals surface area contributed by atoms with Crippen molar-refractivity contribution in [2.75, 3.05) is 18.0 Å². The maximum Gasteiger partial charge on any atom is 0.274 e. The summed E-state index contributed by atoms with van der Waals surface area (Å²) in [6.45, 7) is 1.61.